The molecule has 0 spiro atoms. The van der Waals surface area contributed by atoms with E-state index in [4.69, 9.17) is 9.15 Å². The van der Waals surface area contributed by atoms with Crippen molar-refractivity contribution >= 4 is 17.7 Å². The maximum absolute atomic E-state index is 5.53. The van der Waals surface area contributed by atoms with Gasteiger partial charge >= 0.3 is 6.01 Å². The highest BCUT2D eigenvalue weighted by Crippen LogP contribution is 2.24. The second-order valence-electron chi connectivity index (χ2n) is 4.22. The largest absolute Gasteiger partial charge is 0.461 e. The predicted octanol–water partition coefficient (Wildman–Crippen LogP) is 2.62. The van der Waals surface area contributed by atoms with Gasteiger partial charge in [-0.15, -0.1) is 0 Å². The normalized spacial score (nSPS) is 10.8. The van der Waals surface area contributed by atoms with Crippen molar-refractivity contribution in [3.8, 4) is 6.01 Å². The van der Waals surface area contributed by atoms with Gasteiger partial charge in [-0.2, -0.15) is 15.0 Å². The Morgan fingerprint density at radius 3 is 2.85 bits per heavy atom. The van der Waals surface area contributed by atoms with Crippen molar-refractivity contribution < 1.29 is 9.15 Å². The average molecular weight is 295 g/mol. The SMILES string of the molecule is CCCNc1nc(OC(C)C)nc(Sc2ncco2)n1. The van der Waals surface area contributed by atoms with E-state index >= 15 is 0 Å². The summed E-state index contributed by atoms with van der Waals surface area (Å²) in [5.74, 6) is 0.492. The predicted molar refractivity (Wildman–Crippen MR) is 75.0 cm³/mol. The third kappa shape index (κ3) is 4.37. The van der Waals surface area contributed by atoms with E-state index in [-0.39, 0.29) is 6.10 Å². The molecule has 0 unspecified atom stereocenters. The molecule has 0 aliphatic rings. The highest BCUT2D eigenvalue weighted by Gasteiger charge is 2.12. The number of ether oxygens (including phenoxy) is 1. The van der Waals surface area contributed by atoms with E-state index in [1.54, 1.807) is 6.20 Å². The maximum atomic E-state index is 5.53. The van der Waals surface area contributed by atoms with E-state index in [0.29, 0.717) is 22.3 Å². The van der Waals surface area contributed by atoms with Crippen molar-refractivity contribution in [1.82, 2.24) is 19.9 Å². The molecule has 20 heavy (non-hydrogen) atoms. The fourth-order valence-corrected chi connectivity index (χ4v) is 1.93. The van der Waals surface area contributed by atoms with Crippen molar-refractivity contribution in [2.45, 2.75) is 43.7 Å². The van der Waals surface area contributed by atoms with Gasteiger partial charge in [0.15, 0.2) is 0 Å². The fraction of sp³-hybridized carbons (Fsp3) is 0.500. The van der Waals surface area contributed by atoms with Crippen molar-refractivity contribution in [3.63, 3.8) is 0 Å². The molecular formula is C12H17N5O2S. The first kappa shape index (κ1) is 14.6. The Morgan fingerprint density at radius 1 is 1.35 bits per heavy atom. The lowest BCUT2D eigenvalue weighted by atomic mass is 10.5. The zero-order valence-electron chi connectivity index (χ0n) is 11.7. The van der Waals surface area contributed by atoms with E-state index < -0.39 is 0 Å². The van der Waals surface area contributed by atoms with Gasteiger partial charge in [0.2, 0.25) is 11.1 Å². The smallest absolute Gasteiger partial charge is 0.322 e. The molecule has 1 N–H and O–H groups in total. The molecule has 108 valence electrons. The van der Waals surface area contributed by atoms with Crippen LogP contribution in [0.15, 0.2) is 27.3 Å². The summed E-state index contributed by atoms with van der Waals surface area (Å²) in [5, 5.41) is 4.08. The molecule has 0 aliphatic carbocycles. The maximum Gasteiger partial charge on any atom is 0.322 e. The van der Waals surface area contributed by atoms with Crippen LogP contribution >= 0.6 is 11.8 Å². The van der Waals surface area contributed by atoms with Crippen LogP contribution in [-0.2, 0) is 0 Å². The monoisotopic (exact) mass is 295 g/mol. The molecule has 2 aromatic rings. The second-order valence-corrected chi connectivity index (χ2v) is 5.14. The lowest BCUT2D eigenvalue weighted by Crippen LogP contribution is -2.12. The highest BCUT2D eigenvalue weighted by molar-refractivity contribution is 7.98. The summed E-state index contributed by atoms with van der Waals surface area (Å²) >= 11 is 1.22. The molecule has 0 fully saturated rings. The Balaban J connectivity index is 2.19. The lowest BCUT2D eigenvalue weighted by Gasteiger charge is -2.10. The molecule has 8 heteroatoms. The van der Waals surface area contributed by atoms with Gasteiger partial charge in [0, 0.05) is 18.3 Å². The van der Waals surface area contributed by atoms with Gasteiger partial charge < -0.3 is 14.5 Å². The summed E-state index contributed by atoms with van der Waals surface area (Å²) in [6, 6.07) is 0.294. The summed E-state index contributed by atoms with van der Waals surface area (Å²) in [6.45, 7) is 6.70. The molecule has 0 aromatic carbocycles. The first-order valence-electron chi connectivity index (χ1n) is 6.41. The Labute approximate surface area is 121 Å². The van der Waals surface area contributed by atoms with E-state index in [1.165, 1.54) is 18.0 Å². The van der Waals surface area contributed by atoms with E-state index in [0.717, 1.165) is 13.0 Å². The van der Waals surface area contributed by atoms with Gasteiger partial charge in [0.1, 0.15) is 6.26 Å². The molecule has 2 rings (SSSR count). The lowest BCUT2D eigenvalue weighted by molar-refractivity contribution is 0.219. The number of hydrogen-bond acceptors (Lipinski definition) is 8. The number of nitrogens with one attached hydrogen (secondary N) is 1. The Morgan fingerprint density at radius 2 is 2.20 bits per heavy atom. The van der Waals surface area contributed by atoms with Gasteiger partial charge in [-0.1, -0.05) is 6.92 Å². The first-order valence-corrected chi connectivity index (χ1v) is 7.23. The minimum absolute atomic E-state index is 0.00369. The Hall–Kier alpha value is -1.83. The number of nitrogens with zero attached hydrogens (tertiary/aromatic N) is 4. The average Bonchev–Trinajstić information content (AvgIpc) is 2.88. The van der Waals surface area contributed by atoms with Gasteiger partial charge in [-0.3, -0.25) is 0 Å². The van der Waals surface area contributed by atoms with Crippen molar-refractivity contribution in [3.05, 3.63) is 12.5 Å². The summed E-state index contributed by atoms with van der Waals surface area (Å²) in [7, 11) is 0. The molecule has 2 heterocycles. The molecule has 0 saturated heterocycles. The Kier molecular flexibility index (Phi) is 5.16. The van der Waals surface area contributed by atoms with Crippen LogP contribution in [0.3, 0.4) is 0 Å². The van der Waals surface area contributed by atoms with Crippen LogP contribution in [0.2, 0.25) is 0 Å². The van der Waals surface area contributed by atoms with Crippen LogP contribution in [0.4, 0.5) is 5.95 Å². The summed E-state index contributed by atoms with van der Waals surface area (Å²) in [5.41, 5.74) is 0. The van der Waals surface area contributed by atoms with Crippen LogP contribution < -0.4 is 10.1 Å². The number of oxazole rings is 1. The number of rotatable bonds is 7. The summed E-state index contributed by atoms with van der Waals surface area (Å²) < 4.78 is 10.7. The third-order valence-corrected chi connectivity index (χ3v) is 2.80. The topological polar surface area (TPSA) is 86.0 Å². The molecule has 7 nitrogen and oxygen atoms in total. The molecule has 0 amide bonds. The number of anilines is 1. The Bertz CT molecular complexity index is 533. The van der Waals surface area contributed by atoms with Crippen LogP contribution in [0.25, 0.3) is 0 Å². The zero-order chi connectivity index (χ0) is 14.4. The van der Waals surface area contributed by atoms with Crippen molar-refractivity contribution in [2.75, 3.05) is 11.9 Å². The second kappa shape index (κ2) is 7.09. The molecule has 0 aliphatic heterocycles. The van der Waals surface area contributed by atoms with Crippen LogP contribution in [0, 0.1) is 0 Å². The zero-order valence-corrected chi connectivity index (χ0v) is 12.5. The van der Waals surface area contributed by atoms with Crippen molar-refractivity contribution in [1.29, 1.82) is 0 Å². The summed E-state index contributed by atoms with van der Waals surface area (Å²) in [4.78, 5) is 16.8. The highest BCUT2D eigenvalue weighted by atomic mass is 32.2. The first-order chi connectivity index (χ1) is 9.67. The summed E-state index contributed by atoms with van der Waals surface area (Å²) in [6.07, 6.45) is 4.06. The van der Waals surface area contributed by atoms with Crippen LogP contribution in [0.1, 0.15) is 27.2 Å². The molecule has 0 radical (unpaired) electrons. The van der Waals surface area contributed by atoms with Gasteiger partial charge in [-0.05, 0) is 20.3 Å². The van der Waals surface area contributed by atoms with Crippen molar-refractivity contribution in [2.24, 2.45) is 0 Å². The van der Waals surface area contributed by atoms with E-state index in [9.17, 15) is 0 Å². The van der Waals surface area contributed by atoms with E-state index in [1.807, 2.05) is 13.8 Å². The number of hydrogen-bond donors (Lipinski definition) is 1. The molecule has 0 saturated carbocycles. The minimum Gasteiger partial charge on any atom is -0.461 e. The molecule has 2 aromatic heterocycles. The number of aromatic nitrogens is 4. The molecular weight excluding hydrogens is 278 g/mol. The molecule has 0 atom stereocenters. The van der Waals surface area contributed by atoms with Gasteiger partial charge in [-0.25, -0.2) is 4.98 Å². The third-order valence-electron chi connectivity index (χ3n) is 2.06. The standard InChI is InChI=1S/C12H17N5O2S/c1-4-5-13-9-15-10(19-8(2)3)17-11(16-9)20-12-14-6-7-18-12/h6-8H,4-5H2,1-3H3,(H,13,15,16,17). The van der Waals surface area contributed by atoms with Crippen LogP contribution in [-0.4, -0.2) is 32.6 Å². The molecule has 0 bridgehead atoms. The van der Waals surface area contributed by atoms with Gasteiger partial charge in [0.05, 0.1) is 12.3 Å². The van der Waals surface area contributed by atoms with Crippen LogP contribution in [0.5, 0.6) is 6.01 Å². The fourth-order valence-electron chi connectivity index (χ4n) is 1.30. The minimum atomic E-state index is -0.00369. The van der Waals surface area contributed by atoms with E-state index in [2.05, 4.69) is 32.2 Å². The van der Waals surface area contributed by atoms with Gasteiger partial charge in [0.25, 0.3) is 5.22 Å². The quantitative estimate of drug-likeness (QED) is 0.834.